The molecule has 1 aromatic heterocycles. The van der Waals surface area contributed by atoms with Crippen LogP contribution in [0.25, 0.3) is 22.4 Å². The first kappa shape index (κ1) is 13.4. The number of aromatic nitrogens is 2. The molecule has 2 aromatic carbocycles. The van der Waals surface area contributed by atoms with Gasteiger partial charge in [0.1, 0.15) is 5.82 Å². The summed E-state index contributed by atoms with van der Waals surface area (Å²) in [7, 11) is 0. The molecule has 4 heteroatoms. The number of rotatable bonds is 2. The number of aromatic amines is 1. The number of nitrogens with two attached hydrogens (primary N) is 1. The van der Waals surface area contributed by atoms with E-state index in [1.807, 2.05) is 37.3 Å². The van der Waals surface area contributed by atoms with E-state index >= 15 is 0 Å². The lowest BCUT2D eigenvalue weighted by atomic mass is 9.96. The molecule has 0 amide bonds. The largest absolute Gasteiger partial charge is 0.382 e. The van der Waals surface area contributed by atoms with Crippen molar-refractivity contribution in [3.63, 3.8) is 0 Å². The van der Waals surface area contributed by atoms with Crippen LogP contribution in [0, 0.1) is 19.7 Å². The highest BCUT2D eigenvalue weighted by atomic mass is 19.1. The molecule has 0 saturated heterocycles. The van der Waals surface area contributed by atoms with E-state index in [1.54, 1.807) is 19.1 Å². The van der Waals surface area contributed by atoms with E-state index < -0.39 is 0 Å². The molecule has 1 heterocycles. The Hall–Kier alpha value is -2.62. The minimum absolute atomic E-state index is 0.254. The van der Waals surface area contributed by atoms with Crippen LogP contribution in [-0.2, 0) is 0 Å². The Kier molecular flexibility index (Phi) is 3.22. The van der Waals surface area contributed by atoms with Gasteiger partial charge in [-0.15, -0.1) is 0 Å². The van der Waals surface area contributed by atoms with E-state index in [1.165, 1.54) is 0 Å². The third-order valence-corrected chi connectivity index (χ3v) is 3.67. The van der Waals surface area contributed by atoms with Crippen LogP contribution in [0.1, 0.15) is 11.1 Å². The monoisotopic (exact) mass is 281 g/mol. The number of aryl methyl sites for hydroxylation is 2. The number of nitrogens with one attached hydrogen (secondary N) is 1. The van der Waals surface area contributed by atoms with Crippen LogP contribution < -0.4 is 5.73 Å². The Balaban J connectivity index is 2.28. The van der Waals surface area contributed by atoms with Crippen molar-refractivity contribution in [1.29, 1.82) is 0 Å². The van der Waals surface area contributed by atoms with Crippen molar-refractivity contribution < 1.29 is 4.39 Å². The molecule has 0 spiro atoms. The third kappa shape index (κ3) is 2.18. The predicted molar refractivity (Wildman–Crippen MR) is 83.3 cm³/mol. The molecule has 0 atom stereocenters. The summed E-state index contributed by atoms with van der Waals surface area (Å²) in [5.41, 5.74) is 10.5. The van der Waals surface area contributed by atoms with Gasteiger partial charge in [-0.3, -0.25) is 5.10 Å². The van der Waals surface area contributed by atoms with E-state index in [4.69, 9.17) is 5.73 Å². The molecule has 3 nitrogen and oxygen atoms in total. The topological polar surface area (TPSA) is 54.7 Å². The summed E-state index contributed by atoms with van der Waals surface area (Å²) in [6, 6.07) is 13.2. The number of nitrogens with zero attached hydrogens (tertiary/aromatic N) is 1. The molecular formula is C17H16FN3. The van der Waals surface area contributed by atoms with E-state index in [-0.39, 0.29) is 5.82 Å². The summed E-state index contributed by atoms with van der Waals surface area (Å²) in [6.07, 6.45) is 0. The van der Waals surface area contributed by atoms with Gasteiger partial charge in [0.05, 0.1) is 11.3 Å². The molecule has 3 rings (SSSR count). The van der Waals surface area contributed by atoms with Crippen LogP contribution >= 0.6 is 0 Å². The molecule has 106 valence electrons. The van der Waals surface area contributed by atoms with Gasteiger partial charge in [0.25, 0.3) is 0 Å². The highest BCUT2D eigenvalue weighted by Crippen LogP contribution is 2.37. The fourth-order valence-electron chi connectivity index (χ4n) is 2.52. The van der Waals surface area contributed by atoms with Crippen LogP contribution in [0.4, 0.5) is 10.2 Å². The number of halogens is 1. The summed E-state index contributed by atoms with van der Waals surface area (Å²) in [4.78, 5) is 0. The van der Waals surface area contributed by atoms with Crippen molar-refractivity contribution >= 4 is 5.82 Å². The highest BCUT2D eigenvalue weighted by Gasteiger charge is 2.19. The number of nitrogen functional groups attached to an aromatic ring is 1. The van der Waals surface area contributed by atoms with Gasteiger partial charge in [0.15, 0.2) is 5.82 Å². The van der Waals surface area contributed by atoms with Crippen molar-refractivity contribution in [2.45, 2.75) is 13.8 Å². The minimum Gasteiger partial charge on any atom is -0.382 e. The quantitative estimate of drug-likeness (QED) is 0.743. The predicted octanol–water partition coefficient (Wildman–Crippen LogP) is 4.08. The Bertz CT molecular complexity index is 806. The van der Waals surface area contributed by atoms with Gasteiger partial charge in [-0.25, -0.2) is 4.39 Å². The Morgan fingerprint density at radius 3 is 2.38 bits per heavy atom. The van der Waals surface area contributed by atoms with E-state index in [2.05, 4.69) is 10.2 Å². The second-order valence-electron chi connectivity index (χ2n) is 5.11. The first-order chi connectivity index (χ1) is 10.1. The molecule has 0 radical (unpaired) electrons. The van der Waals surface area contributed by atoms with Gasteiger partial charge < -0.3 is 5.73 Å². The van der Waals surface area contributed by atoms with Crippen molar-refractivity contribution in [2.75, 3.05) is 5.73 Å². The molecule has 0 aliphatic heterocycles. The summed E-state index contributed by atoms with van der Waals surface area (Å²) in [5, 5.41) is 6.94. The molecule has 0 saturated carbocycles. The van der Waals surface area contributed by atoms with Gasteiger partial charge in [-0.05, 0) is 36.6 Å². The number of hydrogen-bond donors (Lipinski definition) is 2. The zero-order chi connectivity index (χ0) is 15.0. The van der Waals surface area contributed by atoms with Gasteiger partial charge in [0.2, 0.25) is 0 Å². The first-order valence-electron chi connectivity index (χ1n) is 6.75. The van der Waals surface area contributed by atoms with E-state index in [9.17, 15) is 4.39 Å². The molecule has 21 heavy (non-hydrogen) atoms. The maximum absolute atomic E-state index is 14.4. The van der Waals surface area contributed by atoms with Crippen LogP contribution in [0.15, 0.2) is 42.5 Å². The summed E-state index contributed by atoms with van der Waals surface area (Å²) in [5.74, 6) is 0.121. The standard InChI is InChI=1S/C17H16FN3/c1-10-6-3-4-8-12(10)14-16(20-21-17(14)19)13-9-5-7-11(2)15(13)18/h3-9H,1-2H3,(H3,19,20,21). The Morgan fingerprint density at radius 1 is 0.952 bits per heavy atom. The zero-order valence-corrected chi connectivity index (χ0v) is 11.9. The van der Waals surface area contributed by atoms with Gasteiger partial charge in [-0.2, -0.15) is 5.10 Å². The fourth-order valence-corrected chi connectivity index (χ4v) is 2.52. The lowest BCUT2D eigenvalue weighted by molar-refractivity contribution is 0.621. The average molecular weight is 281 g/mol. The summed E-state index contributed by atoms with van der Waals surface area (Å²) in [6.45, 7) is 3.74. The molecule has 0 bridgehead atoms. The van der Waals surface area contributed by atoms with Gasteiger partial charge in [-0.1, -0.05) is 36.4 Å². The van der Waals surface area contributed by atoms with Crippen LogP contribution in [0.5, 0.6) is 0 Å². The van der Waals surface area contributed by atoms with Crippen molar-refractivity contribution in [3.8, 4) is 22.4 Å². The Labute approximate surface area is 122 Å². The number of anilines is 1. The maximum Gasteiger partial charge on any atom is 0.153 e. The molecule has 0 fully saturated rings. The zero-order valence-electron chi connectivity index (χ0n) is 11.9. The van der Waals surface area contributed by atoms with Gasteiger partial charge >= 0.3 is 0 Å². The Morgan fingerprint density at radius 2 is 1.62 bits per heavy atom. The van der Waals surface area contributed by atoms with Gasteiger partial charge in [0, 0.05) is 5.56 Å². The van der Waals surface area contributed by atoms with Crippen molar-refractivity contribution in [1.82, 2.24) is 10.2 Å². The van der Waals surface area contributed by atoms with E-state index in [0.29, 0.717) is 22.6 Å². The second kappa shape index (κ2) is 5.05. The highest BCUT2D eigenvalue weighted by molar-refractivity contribution is 5.89. The minimum atomic E-state index is -0.254. The molecule has 3 aromatic rings. The van der Waals surface area contributed by atoms with Crippen molar-refractivity contribution in [2.24, 2.45) is 0 Å². The average Bonchev–Trinajstić information content (AvgIpc) is 2.84. The first-order valence-corrected chi connectivity index (χ1v) is 6.75. The number of benzene rings is 2. The molecule has 3 N–H and O–H groups in total. The van der Waals surface area contributed by atoms with Crippen molar-refractivity contribution in [3.05, 3.63) is 59.4 Å². The summed E-state index contributed by atoms with van der Waals surface area (Å²) < 4.78 is 14.4. The molecule has 0 aliphatic rings. The molecular weight excluding hydrogens is 265 g/mol. The smallest absolute Gasteiger partial charge is 0.153 e. The maximum atomic E-state index is 14.4. The number of H-pyrrole nitrogens is 1. The van der Waals surface area contributed by atoms with Crippen LogP contribution in [0.3, 0.4) is 0 Å². The molecule has 0 aliphatic carbocycles. The lowest BCUT2D eigenvalue weighted by Crippen LogP contribution is -1.93. The lowest BCUT2D eigenvalue weighted by Gasteiger charge is -2.09. The fraction of sp³-hybridized carbons (Fsp3) is 0.118. The number of hydrogen-bond acceptors (Lipinski definition) is 2. The summed E-state index contributed by atoms with van der Waals surface area (Å²) >= 11 is 0. The van der Waals surface area contributed by atoms with Crippen LogP contribution in [-0.4, -0.2) is 10.2 Å². The third-order valence-electron chi connectivity index (χ3n) is 3.67. The van der Waals surface area contributed by atoms with Crippen LogP contribution in [0.2, 0.25) is 0 Å². The van der Waals surface area contributed by atoms with E-state index in [0.717, 1.165) is 16.7 Å². The SMILES string of the molecule is Cc1ccccc1-c1c(N)n[nH]c1-c1cccc(C)c1F. The second-order valence-corrected chi connectivity index (χ2v) is 5.11. The normalized spacial score (nSPS) is 10.8. The molecule has 0 unspecified atom stereocenters.